The van der Waals surface area contributed by atoms with E-state index in [1.165, 1.54) is 7.11 Å². The molecule has 0 saturated heterocycles. The quantitative estimate of drug-likeness (QED) is 0.642. The van der Waals surface area contributed by atoms with Gasteiger partial charge in [-0.25, -0.2) is 4.79 Å². The second kappa shape index (κ2) is 3.40. The van der Waals surface area contributed by atoms with Crippen molar-refractivity contribution in [3.05, 3.63) is 24.0 Å². The number of hydrogen-bond donors (Lipinski definition) is 1. The van der Waals surface area contributed by atoms with Crippen molar-refractivity contribution in [2.75, 3.05) is 7.11 Å². The zero-order valence-corrected chi connectivity index (χ0v) is 7.15. The Labute approximate surface area is 70.9 Å². The van der Waals surface area contributed by atoms with Gasteiger partial charge in [-0.2, -0.15) is 0 Å². The molecule has 66 valence electrons. The first-order valence-electron chi connectivity index (χ1n) is 3.61. The van der Waals surface area contributed by atoms with E-state index in [0.29, 0.717) is 0 Å². The Balaban J connectivity index is 2.84. The van der Waals surface area contributed by atoms with Gasteiger partial charge in [0.2, 0.25) is 0 Å². The van der Waals surface area contributed by atoms with Gasteiger partial charge in [0, 0.05) is 18.9 Å². The molecule has 0 aliphatic heterocycles. The normalized spacial score (nSPS) is 12.6. The molecule has 0 saturated carbocycles. The van der Waals surface area contributed by atoms with Gasteiger partial charge in [-0.1, -0.05) is 0 Å². The number of aryl methyl sites for hydroxylation is 1. The molecule has 0 aliphatic rings. The van der Waals surface area contributed by atoms with Crippen LogP contribution in [0.15, 0.2) is 18.3 Å². The lowest BCUT2D eigenvalue weighted by Crippen LogP contribution is -2.24. The van der Waals surface area contributed by atoms with Crippen molar-refractivity contribution in [2.24, 2.45) is 12.8 Å². The molecule has 0 spiro atoms. The van der Waals surface area contributed by atoms with Crippen LogP contribution in [0.2, 0.25) is 0 Å². The van der Waals surface area contributed by atoms with Gasteiger partial charge < -0.3 is 15.0 Å². The van der Waals surface area contributed by atoms with E-state index in [2.05, 4.69) is 4.74 Å². The minimum atomic E-state index is -0.685. The molecular weight excluding hydrogens is 156 g/mol. The van der Waals surface area contributed by atoms with Gasteiger partial charge in [0.25, 0.3) is 0 Å². The first-order chi connectivity index (χ1) is 5.66. The van der Waals surface area contributed by atoms with Crippen LogP contribution in [-0.2, 0) is 16.6 Å². The van der Waals surface area contributed by atoms with Crippen LogP contribution in [0.1, 0.15) is 11.7 Å². The Kier molecular flexibility index (Phi) is 2.50. The van der Waals surface area contributed by atoms with Crippen LogP contribution in [0.3, 0.4) is 0 Å². The summed E-state index contributed by atoms with van der Waals surface area (Å²) in [7, 11) is 3.16. The average molecular weight is 168 g/mol. The smallest absolute Gasteiger partial charge is 0.328 e. The summed E-state index contributed by atoms with van der Waals surface area (Å²) in [6.07, 6.45) is 1.83. The van der Waals surface area contributed by atoms with Crippen LogP contribution in [0.25, 0.3) is 0 Å². The van der Waals surface area contributed by atoms with Gasteiger partial charge in [-0.3, -0.25) is 0 Å². The van der Waals surface area contributed by atoms with Gasteiger partial charge in [0.15, 0.2) is 0 Å². The molecule has 4 heteroatoms. The highest BCUT2D eigenvalue weighted by molar-refractivity contribution is 5.76. The largest absolute Gasteiger partial charge is 0.468 e. The molecule has 0 aromatic carbocycles. The fraction of sp³-hybridized carbons (Fsp3) is 0.375. The molecule has 0 amide bonds. The minimum absolute atomic E-state index is 0.420. The lowest BCUT2D eigenvalue weighted by atomic mass is 10.2. The topological polar surface area (TPSA) is 57.2 Å². The maximum atomic E-state index is 11.0. The maximum Gasteiger partial charge on any atom is 0.328 e. The number of ether oxygens (including phenoxy) is 1. The summed E-state index contributed by atoms with van der Waals surface area (Å²) in [5, 5.41) is 0. The molecule has 1 aromatic heterocycles. The fourth-order valence-electron chi connectivity index (χ4n) is 1.05. The summed E-state index contributed by atoms with van der Waals surface area (Å²) >= 11 is 0. The van der Waals surface area contributed by atoms with Crippen LogP contribution in [-0.4, -0.2) is 17.6 Å². The van der Waals surface area contributed by atoms with Crippen molar-refractivity contribution in [2.45, 2.75) is 6.04 Å². The fourth-order valence-corrected chi connectivity index (χ4v) is 1.05. The molecular formula is C8H12N2O2. The number of carbonyl (C=O) groups is 1. The van der Waals surface area contributed by atoms with Crippen molar-refractivity contribution in [3.8, 4) is 0 Å². The second-order valence-corrected chi connectivity index (χ2v) is 2.54. The van der Waals surface area contributed by atoms with Crippen LogP contribution < -0.4 is 5.73 Å². The van der Waals surface area contributed by atoms with E-state index in [-0.39, 0.29) is 0 Å². The van der Waals surface area contributed by atoms with E-state index in [1.807, 2.05) is 19.3 Å². The first-order valence-corrected chi connectivity index (χ1v) is 3.61. The number of esters is 1. The van der Waals surface area contributed by atoms with Gasteiger partial charge >= 0.3 is 5.97 Å². The van der Waals surface area contributed by atoms with Crippen molar-refractivity contribution < 1.29 is 9.53 Å². The number of methoxy groups -OCH3 is 1. The molecule has 1 unspecified atom stereocenters. The molecule has 0 aliphatic carbocycles. The van der Waals surface area contributed by atoms with Crippen LogP contribution in [0.4, 0.5) is 0 Å². The van der Waals surface area contributed by atoms with E-state index in [4.69, 9.17) is 5.73 Å². The molecule has 0 radical (unpaired) electrons. The predicted molar refractivity (Wildman–Crippen MR) is 44.4 cm³/mol. The van der Waals surface area contributed by atoms with Crippen molar-refractivity contribution >= 4 is 5.97 Å². The number of rotatable bonds is 2. The summed E-state index contributed by atoms with van der Waals surface area (Å²) in [5.41, 5.74) is 6.35. The van der Waals surface area contributed by atoms with Gasteiger partial charge in [0.1, 0.15) is 6.04 Å². The number of nitrogens with two attached hydrogens (primary N) is 1. The molecule has 12 heavy (non-hydrogen) atoms. The van der Waals surface area contributed by atoms with E-state index >= 15 is 0 Å². The molecule has 1 heterocycles. The van der Waals surface area contributed by atoms with E-state index in [1.54, 1.807) is 10.6 Å². The van der Waals surface area contributed by atoms with E-state index < -0.39 is 12.0 Å². The van der Waals surface area contributed by atoms with Crippen molar-refractivity contribution in [1.82, 2.24) is 4.57 Å². The molecule has 1 aromatic rings. The van der Waals surface area contributed by atoms with Gasteiger partial charge in [-0.05, 0) is 12.1 Å². The first kappa shape index (κ1) is 8.80. The van der Waals surface area contributed by atoms with Crippen LogP contribution >= 0.6 is 0 Å². The van der Waals surface area contributed by atoms with Crippen molar-refractivity contribution in [1.29, 1.82) is 0 Å². The van der Waals surface area contributed by atoms with E-state index in [0.717, 1.165) is 5.69 Å². The third-order valence-electron chi connectivity index (χ3n) is 1.76. The molecule has 2 N–H and O–H groups in total. The zero-order valence-electron chi connectivity index (χ0n) is 7.15. The number of carbonyl (C=O) groups excluding carboxylic acids is 1. The Morgan fingerprint density at radius 1 is 1.75 bits per heavy atom. The SMILES string of the molecule is COC(=O)C(N)c1cccn1C. The lowest BCUT2D eigenvalue weighted by Gasteiger charge is -2.09. The minimum Gasteiger partial charge on any atom is -0.468 e. The van der Waals surface area contributed by atoms with Crippen molar-refractivity contribution in [3.63, 3.8) is 0 Å². The zero-order chi connectivity index (χ0) is 9.14. The van der Waals surface area contributed by atoms with Crippen LogP contribution in [0, 0.1) is 0 Å². The highest BCUT2D eigenvalue weighted by atomic mass is 16.5. The highest BCUT2D eigenvalue weighted by Gasteiger charge is 2.17. The second-order valence-electron chi connectivity index (χ2n) is 2.54. The third kappa shape index (κ3) is 1.48. The third-order valence-corrected chi connectivity index (χ3v) is 1.76. The maximum absolute atomic E-state index is 11.0. The molecule has 1 rings (SSSR count). The Morgan fingerprint density at radius 2 is 2.42 bits per heavy atom. The Bertz CT molecular complexity index is 280. The molecule has 4 nitrogen and oxygen atoms in total. The Morgan fingerprint density at radius 3 is 2.83 bits per heavy atom. The van der Waals surface area contributed by atoms with Gasteiger partial charge in [-0.15, -0.1) is 0 Å². The summed E-state index contributed by atoms with van der Waals surface area (Å²) < 4.78 is 6.31. The molecule has 0 bridgehead atoms. The monoisotopic (exact) mass is 168 g/mol. The summed E-state index contributed by atoms with van der Waals surface area (Å²) in [4.78, 5) is 11.0. The number of nitrogens with zero attached hydrogens (tertiary/aromatic N) is 1. The van der Waals surface area contributed by atoms with Crippen LogP contribution in [0.5, 0.6) is 0 Å². The highest BCUT2D eigenvalue weighted by Crippen LogP contribution is 2.10. The number of hydrogen-bond acceptors (Lipinski definition) is 3. The Hall–Kier alpha value is -1.29. The summed E-state index contributed by atoms with van der Waals surface area (Å²) in [6, 6.07) is 2.94. The van der Waals surface area contributed by atoms with Gasteiger partial charge in [0.05, 0.1) is 7.11 Å². The summed E-state index contributed by atoms with van der Waals surface area (Å²) in [6.45, 7) is 0. The standard InChI is InChI=1S/C8H12N2O2/c1-10-5-3-4-6(10)7(9)8(11)12-2/h3-5,7H,9H2,1-2H3. The molecule has 1 atom stereocenters. The van der Waals surface area contributed by atoms with E-state index in [9.17, 15) is 4.79 Å². The average Bonchev–Trinajstić information content (AvgIpc) is 2.48. The molecule has 0 fully saturated rings. The predicted octanol–water partition coefficient (Wildman–Crippen LogP) is 0.198. The lowest BCUT2D eigenvalue weighted by molar-refractivity contribution is -0.142. The summed E-state index contributed by atoms with van der Waals surface area (Å²) in [5.74, 6) is -0.420. The number of aromatic nitrogens is 1.